The summed E-state index contributed by atoms with van der Waals surface area (Å²) in [7, 11) is -4.20. The third-order valence-electron chi connectivity index (χ3n) is 8.20. The van der Waals surface area contributed by atoms with Crippen molar-refractivity contribution in [2.24, 2.45) is 11.3 Å². The number of hydrogen-bond donors (Lipinski definition) is 1. The summed E-state index contributed by atoms with van der Waals surface area (Å²) in [6.45, 7) is 8.25. The maximum atomic E-state index is 10.8. The molecule has 2 aromatic carbocycles. The van der Waals surface area contributed by atoms with Gasteiger partial charge in [-0.1, -0.05) is 74.5 Å². The van der Waals surface area contributed by atoms with Gasteiger partial charge in [0.2, 0.25) is 0 Å². The third kappa shape index (κ3) is 4.51. The van der Waals surface area contributed by atoms with E-state index >= 15 is 0 Å². The highest BCUT2D eigenvalue weighted by Crippen LogP contribution is 2.57. The van der Waals surface area contributed by atoms with Gasteiger partial charge in [-0.05, 0) is 31.1 Å². The van der Waals surface area contributed by atoms with E-state index in [4.69, 9.17) is 4.74 Å². The minimum Gasteiger partial charge on any atom is -0.748 e. The van der Waals surface area contributed by atoms with Crippen molar-refractivity contribution in [3.8, 4) is 0 Å². The number of hydrogen-bond acceptors (Lipinski definition) is 4. The lowest BCUT2D eigenvalue weighted by Gasteiger charge is -2.41. The molecule has 3 aliphatic rings. The largest absolute Gasteiger partial charge is 0.748 e. The molecule has 1 unspecified atom stereocenters. The lowest BCUT2D eigenvalue weighted by Crippen LogP contribution is -3.21. The van der Waals surface area contributed by atoms with Crippen molar-refractivity contribution in [2.75, 3.05) is 18.9 Å². The quantitative estimate of drug-likeness (QED) is 0.700. The van der Waals surface area contributed by atoms with E-state index in [2.05, 4.69) is 67.6 Å². The SMILES string of the molecule is CC1(C)[C@H]2CC[C@@]1(CS(=O)(=O)[O-])OC2.C[C@H]1CC[NH+]1C(c1ccccc1)c1ccccc1. The summed E-state index contributed by atoms with van der Waals surface area (Å²) in [6, 6.07) is 23.1. The van der Waals surface area contributed by atoms with E-state index in [1.165, 1.54) is 24.1 Å². The monoisotopic (exact) mass is 457 g/mol. The Morgan fingerprint density at radius 1 is 1.03 bits per heavy atom. The second kappa shape index (κ2) is 8.90. The zero-order valence-corrected chi connectivity index (χ0v) is 20.1. The highest BCUT2D eigenvalue weighted by Gasteiger charge is 2.61. The smallest absolute Gasteiger partial charge is 0.139 e. The van der Waals surface area contributed by atoms with Crippen LogP contribution in [0.15, 0.2) is 60.7 Å². The molecule has 1 N–H and O–H groups in total. The summed E-state index contributed by atoms with van der Waals surface area (Å²) in [5.41, 5.74) is 1.98. The Morgan fingerprint density at radius 3 is 1.91 bits per heavy atom. The molecule has 2 bridgehead atoms. The first kappa shape index (κ1) is 23.4. The lowest BCUT2D eigenvalue weighted by atomic mass is 9.76. The molecule has 2 aliphatic heterocycles. The fourth-order valence-electron chi connectivity index (χ4n) is 5.80. The van der Waals surface area contributed by atoms with Gasteiger partial charge in [-0.3, -0.25) is 0 Å². The zero-order valence-electron chi connectivity index (χ0n) is 19.3. The number of fused-ring (bicyclic) bond motifs is 2. The number of quaternary nitrogens is 1. The Bertz CT molecular complexity index is 959. The number of ether oxygens (including phenoxy) is 1. The van der Waals surface area contributed by atoms with Crippen LogP contribution in [0.2, 0.25) is 0 Å². The summed E-state index contributed by atoms with van der Waals surface area (Å²) in [5.74, 6) is 0.0352. The van der Waals surface area contributed by atoms with Crippen LogP contribution in [0.3, 0.4) is 0 Å². The highest BCUT2D eigenvalue weighted by molar-refractivity contribution is 7.85. The molecule has 0 radical (unpaired) electrons. The predicted octanol–water partition coefficient (Wildman–Crippen LogP) is 3.19. The van der Waals surface area contributed by atoms with Gasteiger partial charge in [0.1, 0.15) is 6.04 Å². The molecule has 2 saturated heterocycles. The van der Waals surface area contributed by atoms with Crippen molar-refractivity contribution >= 4 is 10.1 Å². The lowest BCUT2D eigenvalue weighted by molar-refractivity contribution is -0.988. The van der Waals surface area contributed by atoms with Gasteiger partial charge in [0.05, 0.1) is 40.7 Å². The molecule has 0 amide bonds. The molecule has 32 heavy (non-hydrogen) atoms. The minimum atomic E-state index is -4.20. The van der Waals surface area contributed by atoms with Crippen LogP contribution in [-0.4, -0.2) is 43.5 Å². The first-order valence-electron chi connectivity index (χ1n) is 11.7. The fourth-order valence-corrected chi connectivity index (χ4v) is 6.97. The second-order valence-corrected chi connectivity index (χ2v) is 11.6. The molecule has 2 aromatic rings. The zero-order chi connectivity index (χ0) is 23.0. The summed E-state index contributed by atoms with van der Waals surface area (Å²) in [6.07, 6.45) is 3.03. The van der Waals surface area contributed by atoms with Gasteiger partial charge in [-0.25, -0.2) is 8.42 Å². The number of benzene rings is 2. The molecule has 3 fully saturated rings. The van der Waals surface area contributed by atoms with Crippen LogP contribution >= 0.6 is 0 Å². The number of rotatable bonds is 5. The topological polar surface area (TPSA) is 70.9 Å². The van der Waals surface area contributed by atoms with E-state index < -0.39 is 15.7 Å². The van der Waals surface area contributed by atoms with Crippen molar-refractivity contribution in [2.45, 2.75) is 57.7 Å². The third-order valence-corrected chi connectivity index (χ3v) is 9.02. The highest BCUT2D eigenvalue weighted by atomic mass is 32.2. The summed E-state index contributed by atoms with van der Waals surface area (Å²) >= 11 is 0. The van der Waals surface area contributed by atoms with Crippen LogP contribution < -0.4 is 4.90 Å². The molecule has 5 rings (SSSR count). The van der Waals surface area contributed by atoms with E-state index in [0.29, 0.717) is 25.0 Å². The first-order valence-corrected chi connectivity index (χ1v) is 13.2. The van der Waals surface area contributed by atoms with Gasteiger partial charge in [-0.15, -0.1) is 0 Å². The van der Waals surface area contributed by atoms with Gasteiger partial charge < -0.3 is 14.2 Å². The van der Waals surface area contributed by atoms with Crippen LogP contribution in [0.5, 0.6) is 0 Å². The Morgan fingerprint density at radius 2 is 1.59 bits per heavy atom. The van der Waals surface area contributed by atoms with Crippen LogP contribution in [-0.2, 0) is 14.9 Å². The number of likely N-dealkylation sites (tertiary alicyclic amines) is 1. The minimum absolute atomic E-state index is 0.176. The summed E-state index contributed by atoms with van der Waals surface area (Å²) < 4.78 is 38.0. The molecule has 1 saturated carbocycles. The van der Waals surface area contributed by atoms with Gasteiger partial charge in [-0.2, -0.15) is 0 Å². The van der Waals surface area contributed by atoms with Crippen molar-refractivity contribution < 1.29 is 22.6 Å². The van der Waals surface area contributed by atoms with E-state index in [1.807, 2.05) is 13.8 Å². The second-order valence-electron chi connectivity index (χ2n) is 10.2. The van der Waals surface area contributed by atoms with Crippen molar-refractivity contribution in [1.82, 2.24) is 0 Å². The molecule has 174 valence electrons. The average Bonchev–Trinajstić information content (AvgIpc) is 3.14. The Labute approximate surface area is 192 Å². The Hall–Kier alpha value is -1.73. The molecular weight excluding hydrogens is 422 g/mol. The molecule has 4 atom stereocenters. The van der Waals surface area contributed by atoms with E-state index in [1.54, 1.807) is 4.90 Å². The molecule has 0 spiro atoms. The van der Waals surface area contributed by atoms with Crippen molar-refractivity contribution in [3.05, 3.63) is 71.8 Å². The van der Waals surface area contributed by atoms with Crippen LogP contribution in [0.1, 0.15) is 57.2 Å². The van der Waals surface area contributed by atoms with Crippen molar-refractivity contribution in [3.63, 3.8) is 0 Å². The molecule has 5 nitrogen and oxygen atoms in total. The first-order chi connectivity index (χ1) is 15.1. The Balaban J connectivity index is 0.000000158. The molecule has 2 heterocycles. The fraction of sp³-hybridized carbons (Fsp3) is 0.538. The predicted molar refractivity (Wildman–Crippen MR) is 124 cm³/mol. The van der Waals surface area contributed by atoms with Gasteiger partial charge in [0.25, 0.3) is 0 Å². The van der Waals surface area contributed by atoms with Gasteiger partial charge in [0, 0.05) is 17.5 Å². The van der Waals surface area contributed by atoms with Crippen LogP contribution in [0.4, 0.5) is 0 Å². The standard InChI is InChI=1S/C17H19N.C9H16O4S/c1-14-12-13-18(14)17(15-8-4-2-5-9-15)16-10-6-3-7-11-16;1-8(2)7-3-4-9(8,13-5-7)6-14(10,11)12/h2-11,14,17H,12-13H2,1H3;7H,3-6H2,1-2H3,(H,10,11,12)/t14-;7-,9-/m00/s1. The van der Waals surface area contributed by atoms with Gasteiger partial charge in [0.15, 0.2) is 0 Å². The normalized spacial score (nSPS) is 30.5. The molecule has 1 aliphatic carbocycles. The van der Waals surface area contributed by atoms with Crippen molar-refractivity contribution in [1.29, 1.82) is 0 Å². The van der Waals surface area contributed by atoms with E-state index in [-0.39, 0.29) is 11.2 Å². The van der Waals surface area contributed by atoms with Gasteiger partial charge >= 0.3 is 0 Å². The summed E-state index contributed by atoms with van der Waals surface area (Å²) in [4.78, 5) is 1.70. The summed E-state index contributed by atoms with van der Waals surface area (Å²) in [5, 5.41) is 0. The van der Waals surface area contributed by atoms with E-state index in [9.17, 15) is 13.0 Å². The average molecular weight is 458 g/mol. The van der Waals surface area contributed by atoms with Crippen LogP contribution in [0, 0.1) is 11.3 Å². The molecule has 6 heteroatoms. The van der Waals surface area contributed by atoms with E-state index in [0.717, 1.165) is 12.5 Å². The van der Waals surface area contributed by atoms with Crippen LogP contribution in [0.25, 0.3) is 0 Å². The molecular formula is C26H35NO4S. The number of nitrogens with one attached hydrogen (secondary N) is 1. The maximum absolute atomic E-state index is 10.8. The maximum Gasteiger partial charge on any atom is 0.139 e. The Kier molecular flexibility index (Phi) is 6.52. The molecule has 0 aromatic heterocycles.